The molecule has 0 saturated carbocycles. The van der Waals surface area contributed by atoms with Gasteiger partial charge in [-0.1, -0.05) is 33.3 Å². The van der Waals surface area contributed by atoms with Crippen LogP contribution in [0.5, 0.6) is 0 Å². The number of furan rings is 1. The Labute approximate surface area is 155 Å². The fourth-order valence-corrected chi connectivity index (χ4v) is 3.04. The highest BCUT2D eigenvalue weighted by Crippen LogP contribution is 2.28. The SMILES string of the molecule is Cc1c(C(=O)OCn2nnc3ccccc3c2=O)oc2ccc(Br)cc12. The number of ether oxygens (including phenoxy) is 1. The molecule has 0 N–H and O–H groups in total. The van der Waals surface area contributed by atoms with Gasteiger partial charge in [-0.25, -0.2) is 4.79 Å². The summed E-state index contributed by atoms with van der Waals surface area (Å²) in [6.07, 6.45) is 0. The first-order valence-electron chi connectivity index (χ1n) is 7.73. The molecule has 0 aliphatic carbocycles. The van der Waals surface area contributed by atoms with Crippen molar-refractivity contribution in [2.45, 2.75) is 13.7 Å². The van der Waals surface area contributed by atoms with E-state index in [1.54, 1.807) is 37.3 Å². The van der Waals surface area contributed by atoms with E-state index in [1.807, 2.05) is 12.1 Å². The monoisotopic (exact) mass is 413 g/mol. The molecule has 0 atom stereocenters. The molecular weight excluding hydrogens is 402 g/mol. The number of halogens is 1. The first-order chi connectivity index (χ1) is 12.5. The molecule has 0 spiro atoms. The van der Waals surface area contributed by atoms with Crippen molar-refractivity contribution in [3.63, 3.8) is 0 Å². The number of carbonyl (C=O) groups is 1. The van der Waals surface area contributed by atoms with Crippen LogP contribution in [0.15, 0.2) is 56.1 Å². The Kier molecular flexibility index (Phi) is 4.04. The smallest absolute Gasteiger partial charge is 0.376 e. The molecule has 0 bridgehead atoms. The van der Waals surface area contributed by atoms with Crippen LogP contribution in [0.1, 0.15) is 16.1 Å². The Bertz CT molecular complexity index is 1210. The van der Waals surface area contributed by atoms with E-state index in [4.69, 9.17) is 9.15 Å². The van der Waals surface area contributed by atoms with Gasteiger partial charge < -0.3 is 9.15 Å². The van der Waals surface area contributed by atoms with Crippen LogP contribution in [-0.2, 0) is 11.5 Å². The summed E-state index contributed by atoms with van der Waals surface area (Å²) in [4.78, 5) is 24.7. The van der Waals surface area contributed by atoms with Crippen molar-refractivity contribution in [1.82, 2.24) is 15.0 Å². The standard InChI is InChI=1S/C18H12BrN3O4/c1-10-13-8-11(19)6-7-15(13)26-16(10)18(24)25-9-22-17(23)12-4-2-3-5-14(12)20-21-22/h2-8H,9H2,1H3. The van der Waals surface area contributed by atoms with Crippen molar-refractivity contribution in [1.29, 1.82) is 0 Å². The van der Waals surface area contributed by atoms with Gasteiger partial charge in [-0.3, -0.25) is 4.79 Å². The van der Waals surface area contributed by atoms with Gasteiger partial charge in [0.25, 0.3) is 5.56 Å². The second kappa shape index (κ2) is 6.38. The molecule has 7 nitrogen and oxygen atoms in total. The van der Waals surface area contributed by atoms with Gasteiger partial charge in [-0.05, 0) is 37.3 Å². The van der Waals surface area contributed by atoms with Crippen molar-refractivity contribution < 1.29 is 13.9 Å². The van der Waals surface area contributed by atoms with Crippen LogP contribution in [-0.4, -0.2) is 21.0 Å². The molecule has 2 aromatic carbocycles. The zero-order valence-corrected chi connectivity index (χ0v) is 15.2. The van der Waals surface area contributed by atoms with Crippen LogP contribution in [0, 0.1) is 6.92 Å². The first kappa shape index (κ1) is 16.5. The predicted molar refractivity (Wildman–Crippen MR) is 97.9 cm³/mol. The molecule has 8 heteroatoms. The highest BCUT2D eigenvalue weighted by atomic mass is 79.9. The lowest BCUT2D eigenvalue weighted by atomic mass is 10.1. The van der Waals surface area contributed by atoms with Gasteiger partial charge in [0, 0.05) is 15.4 Å². The lowest BCUT2D eigenvalue weighted by Crippen LogP contribution is -2.26. The fraction of sp³-hybridized carbons (Fsp3) is 0.111. The number of rotatable bonds is 3. The van der Waals surface area contributed by atoms with E-state index in [2.05, 4.69) is 26.2 Å². The Hall–Kier alpha value is -3.00. The van der Waals surface area contributed by atoms with Crippen LogP contribution in [0.25, 0.3) is 21.9 Å². The maximum absolute atomic E-state index is 12.4. The summed E-state index contributed by atoms with van der Waals surface area (Å²) in [5, 5.41) is 8.96. The minimum Gasteiger partial charge on any atom is -0.449 e. The summed E-state index contributed by atoms with van der Waals surface area (Å²) >= 11 is 3.39. The summed E-state index contributed by atoms with van der Waals surface area (Å²) in [5.74, 6) is -0.573. The maximum Gasteiger partial charge on any atom is 0.376 e. The zero-order chi connectivity index (χ0) is 18.3. The predicted octanol–water partition coefficient (Wildman–Crippen LogP) is 3.42. The third kappa shape index (κ3) is 2.78. The summed E-state index contributed by atoms with van der Waals surface area (Å²) in [7, 11) is 0. The second-order valence-corrected chi connectivity index (χ2v) is 6.58. The number of fused-ring (bicyclic) bond motifs is 2. The number of hydrogen-bond acceptors (Lipinski definition) is 6. The van der Waals surface area contributed by atoms with Gasteiger partial charge in [0.1, 0.15) is 11.1 Å². The largest absolute Gasteiger partial charge is 0.449 e. The third-order valence-corrected chi connectivity index (χ3v) is 4.52. The fourth-order valence-electron chi connectivity index (χ4n) is 2.68. The number of hydrogen-bond donors (Lipinski definition) is 0. The molecular formula is C18H12BrN3O4. The molecule has 0 aliphatic rings. The molecule has 0 unspecified atom stereocenters. The van der Waals surface area contributed by atoms with E-state index in [0.29, 0.717) is 22.0 Å². The molecule has 0 radical (unpaired) electrons. The lowest BCUT2D eigenvalue weighted by Gasteiger charge is -2.05. The molecule has 0 fully saturated rings. The molecule has 130 valence electrons. The summed E-state index contributed by atoms with van der Waals surface area (Å²) in [6.45, 7) is 1.42. The van der Waals surface area contributed by atoms with Crippen molar-refractivity contribution in [3.8, 4) is 0 Å². The molecule has 4 rings (SSSR count). The first-order valence-corrected chi connectivity index (χ1v) is 8.52. The minimum atomic E-state index is -0.670. The summed E-state index contributed by atoms with van der Waals surface area (Å²) in [6, 6.07) is 12.3. The maximum atomic E-state index is 12.4. The van der Waals surface area contributed by atoms with Gasteiger partial charge in [-0.2, -0.15) is 4.68 Å². The number of aryl methyl sites for hydroxylation is 1. The molecule has 0 amide bonds. The molecule has 0 saturated heterocycles. The number of esters is 1. The van der Waals surface area contributed by atoms with Crippen LogP contribution in [0.4, 0.5) is 0 Å². The minimum absolute atomic E-state index is 0.0971. The van der Waals surface area contributed by atoms with Crippen molar-refractivity contribution >= 4 is 43.8 Å². The Morgan fingerprint density at radius 2 is 2.04 bits per heavy atom. The van der Waals surface area contributed by atoms with E-state index < -0.39 is 5.97 Å². The quantitative estimate of drug-likeness (QED) is 0.478. The van der Waals surface area contributed by atoms with Crippen molar-refractivity contribution in [2.24, 2.45) is 0 Å². The van der Waals surface area contributed by atoms with E-state index in [9.17, 15) is 9.59 Å². The van der Waals surface area contributed by atoms with Gasteiger partial charge in [0.2, 0.25) is 5.76 Å². The van der Waals surface area contributed by atoms with Crippen molar-refractivity contribution in [3.05, 3.63) is 68.6 Å². The average Bonchev–Trinajstić information content (AvgIpc) is 2.97. The summed E-state index contributed by atoms with van der Waals surface area (Å²) < 4.78 is 12.7. The highest BCUT2D eigenvalue weighted by molar-refractivity contribution is 9.10. The molecule has 26 heavy (non-hydrogen) atoms. The average molecular weight is 414 g/mol. The number of aromatic nitrogens is 3. The molecule has 2 heterocycles. The second-order valence-electron chi connectivity index (χ2n) is 5.67. The van der Waals surface area contributed by atoms with E-state index >= 15 is 0 Å². The number of nitrogens with zero attached hydrogens (tertiary/aromatic N) is 3. The number of benzene rings is 2. The van der Waals surface area contributed by atoms with E-state index in [0.717, 1.165) is 14.5 Å². The van der Waals surface area contributed by atoms with Gasteiger partial charge >= 0.3 is 5.97 Å². The Morgan fingerprint density at radius 1 is 1.23 bits per heavy atom. The van der Waals surface area contributed by atoms with Crippen LogP contribution < -0.4 is 5.56 Å². The number of carbonyl (C=O) groups excluding carboxylic acids is 1. The van der Waals surface area contributed by atoms with E-state index in [1.165, 1.54) is 0 Å². The van der Waals surface area contributed by atoms with Gasteiger partial charge in [0.05, 0.1) is 5.39 Å². The summed E-state index contributed by atoms with van der Waals surface area (Å²) in [5.41, 5.74) is 1.36. The van der Waals surface area contributed by atoms with Crippen molar-refractivity contribution in [2.75, 3.05) is 0 Å². The van der Waals surface area contributed by atoms with Crippen LogP contribution in [0.3, 0.4) is 0 Å². The Morgan fingerprint density at radius 3 is 2.88 bits per heavy atom. The molecule has 0 aliphatic heterocycles. The van der Waals surface area contributed by atoms with Crippen LogP contribution in [0.2, 0.25) is 0 Å². The third-order valence-electron chi connectivity index (χ3n) is 4.03. The van der Waals surface area contributed by atoms with Gasteiger partial charge in [-0.15, -0.1) is 5.10 Å². The molecule has 4 aromatic rings. The van der Waals surface area contributed by atoms with Crippen LogP contribution >= 0.6 is 15.9 Å². The Balaban J connectivity index is 1.61. The zero-order valence-electron chi connectivity index (χ0n) is 13.6. The molecule has 2 aromatic heterocycles. The van der Waals surface area contributed by atoms with E-state index in [-0.39, 0.29) is 18.1 Å². The topological polar surface area (TPSA) is 87.2 Å². The lowest BCUT2D eigenvalue weighted by molar-refractivity contribution is 0.0301. The highest BCUT2D eigenvalue weighted by Gasteiger charge is 2.20. The normalized spacial score (nSPS) is 11.2. The van der Waals surface area contributed by atoms with Gasteiger partial charge in [0.15, 0.2) is 6.73 Å².